The van der Waals surface area contributed by atoms with Crippen molar-refractivity contribution in [3.8, 4) is 0 Å². The van der Waals surface area contributed by atoms with E-state index in [9.17, 15) is 4.79 Å². The Morgan fingerprint density at radius 1 is 1.09 bits per heavy atom. The van der Waals surface area contributed by atoms with Crippen LogP contribution in [0.2, 0.25) is 0 Å². The number of carbonyl (C=O) groups is 1. The van der Waals surface area contributed by atoms with E-state index in [1.807, 2.05) is 24.3 Å². The smallest absolute Gasteiger partial charge is 0.279 e. The summed E-state index contributed by atoms with van der Waals surface area (Å²) in [5.74, 6) is 2.97. The second-order valence-corrected chi connectivity index (χ2v) is 8.99. The summed E-state index contributed by atoms with van der Waals surface area (Å²) in [6.45, 7) is 0.568. The molecule has 4 bridgehead atoms. The second-order valence-electron chi connectivity index (χ2n) is 7.74. The van der Waals surface area contributed by atoms with Gasteiger partial charge in [-0.25, -0.2) is 0 Å². The van der Waals surface area contributed by atoms with Crippen molar-refractivity contribution in [2.45, 2.75) is 44.1 Å². The number of quaternary nitrogens is 1. The lowest BCUT2D eigenvalue weighted by molar-refractivity contribution is -0.729. The first-order chi connectivity index (χ1) is 10.6. The highest BCUT2D eigenvalue weighted by Crippen LogP contribution is 2.54. The summed E-state index contributed by atoms with van der Waals surface area (Å²) in [6, 6.07) is 8.01. The molecule has 1 aromatic carbocycles. The standard InChI is InChI=1S/C18H23IN2O/c19-15-1-3-16(4-2-15)21-17(22)11-20-18-8-12-5-13(9-18)7-14(6-12)10-18/h1-4,12-14,20H,5-11H2,(H,21,22)/p+1. The molecule has 3 N–H and O–H groups in total. The first kappa shape index (κ1) is 14.9. The number of carbonyl (C=O) groups excluding carboxylic acids is 1. The Kier molecular flexibility index (Phi) is 3.93. The highest BCUT2D eigenvalue weighted by atomic mass is 127. The van der Waals surface area contributed by atoms with Gasteiger partial charge < -0.3 is 10.6 Å². The fourth-order valence-electron chi connectivity index (χ4n) is 5.48. The molecule has 0 unspecified atom stereocenters. The third kappa shape index (κ3) is 3.04. The Morgan fingerprint density at radius 2 is 1.64 bits per heavy atom. The molecule has 4 saturated carbocycles. The molecule has 1 aromatic rings. The fourth-order valence-corrected chi connectivity index (χ4v) is 5.84. The van der Waals surface area contributed by atoms with Crippen molar-refractivity contribution >= 4 is 34.2 Å². The molecule has 0 aliphatic heterocycles. The van der Waals surface area contributed by atoms with Crippen molar-refractivity contribution in [2.75, 3.05) is 11.9 Å². The minimum absolute atomic E-state index is 0.136. The summed E-state index contributed by atoms with van der Waals surface area (Å²) < 4.78 is 1.19. The van der Waals surface area contributed by atoms with E-state index in [4.69, 9.17) is 0 Å². The summed E-state index contributed by atoms with van der Waals surface area (Å²) >= 11 is 2.28. The van der Waals surface area contributed by atoms with Gasteiger partial charge in [-0.15, -0.1) is 0 Å². The zero-order valence-corrected chi connectivity index (χ0v) is 15.0. The Labute approximate surface area is 145 Å². The highest BCUT2D eigenvalue weighted by Gasteiger charge is 2.53. The van der Waals surface area contributed by atoms with Gasteiger partial charge in [0, 0.05) is 28.5 Å². The molecule has 4 fully saturated rings. The minimum Gasteiger partial charge on any atom is -0.334 e. The largest absolute Gasteiger partial charge is 0.334 e. The number of rotatable bonds is 4. The average molecular weight is 411 g/mol. The van der Waals surface area contributed by atoms with Gasteiger partial charge in [0.1, 0.15) is 0 Å². The van der Waals surface area contributed by atoms with E-state index in [-0.39, 0.29) is 5.91 Å². The van der Waals surface area contributed by atoms with E-state index in [1.54, 1.807) is 0 Å². The molecule has 4 aliphatic rings. The predicted octanol–water partition coefficient (Wildman–Crippen LogP) is 2.76. The number of halogens is 1. The molecule has 118 valence electrons. The number of anilines is 1. The summed E-state index contributed by atoms with van der Waals surface area (Å²) in [5, 5.41) is 5.40. The number of benzene rings is 1. The van der Waals surface area contributed by atoms with Crippen LogP contribution in [0.5, 0.6) is 0 Å². The number of amides is 1. The van der Waals surface area contributed by atoms with Gasteiger partial charge in [0.05, 0.1) is 5.54 Å². The van der Waals surface area contributed by atoms with Crippen molar-refractivity contribution in [1.82, 2.24) is 0 Å². The van der Waals surface area contributed by atoms with E-state index in [0.717, 1.165) is 23.4 Å². The Balaban J connectivity index is 1.34. The average Bonchev–Trinajstić information content (AvgIpc) is 2.46. The van der Waals surface area contributed by atoms with Crippen LogP contribution in [0.25, 0.3) is 0 Å². The summed E-state index contributed by atoms with van der Waals surface area (Å²) in [5.41, 5.74) is 1.29. The van der Waals surface area contributed by atoms with Crippen LogP contribution in [0.1, 0.15) is 38.5 Å². The number of nitrogens with one attached hydrogen (secondary N) is 1. The van der Waals surface area contributed by atoms with E-state index in [0.29, 0.717) is 12.1 Å². The lowest BCUT2D eigenvalue weighted by atomic mass is 9.53. The number of hydrogen-bond acceptors (Lipinski definition) is 1. The van der Waals surface area contributed by atoms with E-state index in [1.165, 1.54) is 42.1 Å². The van der Waals surface area contributed by atoms with E-state index in [2.05, 4.69) is 33.2 Å². The van der Waals surface area contributed by atoms with Gasteiger partial charge in [-0.1, -0.05) is 0 Å². The molecule has 0 heterocycles. The molecular weight excluding hydrogens is 387 g/mol. The van der Waals surface area contributed by atoms with Crippen molar-refractivity contribution in [2.24, 2.45) is 17.8 Å². The van der Waals surface area contributed by atoms with Gasteiger partial charge in [0.2, 0.25) is 0 Å². The van der Waals surface area contributed by atoms with Gasteiger partial charge in [0.25, 0.3) is 5.91 Å². The van der Waals surface area contributed by atoms with Gasteiger partial charge >= 0.3 is 0 Å². The molecular formula is C18H24IN2O+. The molecule has 4 heteroatoms. The summed E-state index contributed by atoms with van der Waals surface area (Å²) in [6.07, 6.45) is 8.41. The van der Waals surface area contributed by atoms with Crippen molar-refractivity contribution < 1.29 is 10.1 Å². The molecule has 1 amide bonds. The molecule has 5 rings (SSSR count). The number of hydrogen-bond donors (Lipinski definition) is 2. The first-order valence-electron chi connectivity index (χ1n) is 8.50. The van der Waals surface area contributed by atoms with Crippen molar-refractivity contribution in [3.05, 3.63) is 27.8 Å². The molecule has 0 atom stereocenters. The first-order valence-corrected chi connectivity index (χ1v) is 9.58. The minimum atomic E-state index is 0.136. The zero-order chi connectivity index (χ0) is 15.2. The van der Waals surface area contributed by atoms with Crippen LogP contribution in [0, 0.1) is 21.3 Å². The molecule has 0 saturated heterocycles. The van der Waals surface area contributed by atoms with Crippen LogP contribution in [0.4, 0.5) is 5.69 Å². The molecule has 0 aromatic heterocycles. The molecule has 0 spiro atoms. The van der Waals surface area contributed by atoms with E-state index < -0.39 is 0 Å². The lowest BCUT2D eigenvalue weighted by Crippen LogP contribution is -3.00. The Hall–Kier alpha value is -0.620. The summed E-state index contributed by atoms with van der Waals surface area (Å²) in [4.78, 5) is 12.2. The maximum atomic E-state index is 12.2. The highest BCUT2D eigenvalue weighted by molar-refractivity contribution is 14.1. The molecule has 22 heavy (non-hydrogen) atoms. The maximum Gasteiger partial charge on any atom is 0.279 e. The van der Waals surface area contributed by atoms with Crippen LogP contribution in [-0.2, 0) is 4.79 Å². The van der Waals surface area contributed by atoms with Gasteiger partial charge in [0.15, 0.2) is 6.54 Å². The Morgan fingerprint density at radius 3 is 2.18 bits per heavy atom. The lowest BCUT2D eigenvalue weighted by Gasteiger charge is -2.54. The summed E-state index contributed by atoms with van der Waals surface area (Å²) in [7, 11) is 0. The molecule has 4 aliphatic carbocycles. The third-order valence-electron chi connectivity index (χ3n) is 5.93. The van der Waals surface area contributed by atoms with Crippen LogP contribution in [0.15, 0.2) is 24.3 Å². The fraction of sp³-hybridized carbons (Fsp3) is 0.611. The van der Waals surface area contributed by atoms with Gasteiger partial charge in [-0.3, -0.25) is 4.79 Å². The Bertz CT molecular complexity index is 534. The van der Waals surface area contributed by atoms with Gasteiger partial charge in [-0.2, -0.15) is 0 Å². The van der Waals surface area contributed by atoms with Gasteiger partial charge in [-0.05, 0) is 83.9 Å². The van der Waals surface area contributed by atoms with Crippen LogP contribution in [0.3, 0.4) is 0 Å². The third-order valence-corrected chi connectivity index (χ3v) is 6.65. The normalized spacial score (nSPS) is 35.6. The quantitative estimate of drug-likeness (QED) is 0.736. The monoisotopic (exact) mass is 411 g/mol. The van der Waals surface area contributed by atoms with Crippen LogP contribution >= 0.6 is 22.6 Å². The zero-order valence-electron chi connectivity index (χ0n) is 12.9. The molecule has 3 nitrogen and oxygen atoms in total. The second kappa shape index (κ2) is 5.78. The van der Waals surface area contributed by atoms with Crippen LogP contribution < -0.4 is 10.6 Å². The van der Waals surface area contributed by atoms with Crippen LogP contribution in [-0.4, -0.2) is 18.0 Å². The maximum absolute atomic E-state index is 12.2. The topological polar surface area (TPSA) is 45.7 Å². The van der Waals surface area contributed by atoms with Crippen molar-refractivity contribution in [1.29, 1.82) is 0 Å². The molecule has 0 radical (unpaired) electrons. The van der Waals surface area contributed by atoms with Crippen molar-refractivity contribution in [3.63, 3.8) is 0 Å². The predicted molar refractivity (Wildman–Crippen MR) is 95.5 cm³/mol. The van der Waals surface area contributed by atoms with E-state index >= 15 is 0 Å². The number of nitrogens with two attached hydrogens (primary N) is 1. The SMILES string of the molecule is O=C(C[NH2+]C12CC3CC(CC(C3)C1)C2)Nc1ccc(I)cc1.